The van der Waals surface area contributed by atoms with E-state index in [1.54, 1.807) is 0 Å². The maximum atomic E-state index is 12.2. The number of nitrogens with zero attached hydrogens (tertiary/aromatic N) is 1. The zero-order valence-corrected chi connectivity index (χ0v) is 12.6. The molecule has 1 unspecified atom stereocenters. The Kier molecular flexibility index (Phi) is 3.24. The van der Waals surface area contributed by atoms with E-state index in [0.29, 0.717) is 6.42 Å². The fourth-order valence-electron chi connectivity index (χ4n) is 2.88. The lowest BCUT2D eigenvalue weighted by molar-refractivity contribution is -0.116. The minimum atomic E-state index is 0.0544. The van der Waals surface area contributed by atoms with Gasteiger partial charge in [0.25, 0.3) is 0 Å². The van der Waals surface area contributed by atoms with Crippen LogP contribution in [0.5, 0.6) is 0 Å². The van der Waals surface area contributed by atoms with Crippen LogP contribution < -0.4 is 5.32 Å². The number of benzene rings is 2. The first-order valence-corrected chi connectivity index (χ1v) is 8.00. The van der Waals surface area contributed by atoms with Crippen LogP contribution in [0.3, 0.4) is 0 Å². The lowest BCUT2D eigenvalue weighted by Gasteiger charge is -2.22. The van der Waals surface area contributed by atoms with E-state index >= 15 is 0 Å². The minimum Gasteiger partial charge on any atom is -0.323 e. The Hall–Kier alpha value is -2.46. The lowest BCUT2D eigenvalue weighted by atomic mass is 9.90. The van der Waals surface area contributed by atoms with Gasteiger partial charge >= 0.3 is 0 Å². The molecule has 22 heavy (non-hydrogen) atoms. The quantitative estimate of drug-likeness (QED) is 0.767. The van der Waals surface area contributed by atoms with Crippen molar-refractivity contribution in [1.29, 1.82) is 0 Å². The Morgan fingerprint density at radius 1 is 1.00 bits per heavy atom. The van der Waals surface area contributed by atoms with Gasteiger partial charge < -0.3 is 5.32 Å². The molecule has 1 atom stereocenters. The molecule has 2 heterocycles. The molecule has 1 amide bonds. The van der Waals surface area contributed by atoms with Crippen LogP contribution in [0.15, 0.2) is 60.7 Å². The predicted molar refractivity (Wildman–Crippen MR) is 89.1 cm³/mol. The first-order chi connectivity index (χ1) is 10.8. The summed E-state index contributed by atoms with van der Waals surface area (Å²) in [7, 11) is 0. The summed E-state index contributed by atoms with van der Waals surface area (Å²) in [4.78, 5) is 13.3. The second kappa shape index (κ2) is 5.39. The van der Waals surface area contributed by atoms with Crippen LogP contribution in [0.4, 0.5) is 5.69 Å². The standard InChI is InChI=1S/C18H14N2OS/c21-15-11-14(12-7-3-1-4-8-12)18-17(19-15)16(20-22-18)13-9-5-2-6-10-13/h1-10,14H,11H2,(H,19,21). The van der Waals surface area contributed by atoms with Gasteiger partial charge in [-0.1, -0.05) is 60.7 Å². The Balaban J connectivity index is 1.83. The van der Waals surface area contributed by atoms with Crippen LogP contribution in [0.1, 0.15) is 22.8 Å². The number of amides is 1. The maximum Gasteiger partial charge on any atom is 0.225 e. The van der Waals surface area contributed by atoms with Gasteiger partial charge in [-0.05, 0) is 17.1 Å². The number of anilines is 1. The summed E-state index contributed by atoms with van der Waals surface area (Å²) >= 11 is 1.49. The van der Waals surface area contributed by atoms with Crippen molar-refractivity contribution in [3.63, 3.8) is 0 Å². The zero-order chi connectivity index (χ0) is 14.9. The third-order valence-electron chi connectivity index (χ3n) is 3.94. The first kappa shape index (κ1) is 13.2. The molecule has 0 saturated carbocycles. The number of nitrogens with one attached hydrogen (secondary N) is 1. The number of rotatable bonds is 2. The Morgan fingerprint density at radius 2 is 1.68 bits per heavy atom. The molecule has 3 aromatic rings. The van der Waals surface area contributed by atoms with Gasteiger partial charge in [0.1, 0.15) is 5.69 Å². The van der Waals surface area contributed by atoms with Crippen LogP contribution in [0.25, 0.3) is 11.3 Å². The van der Waals surface area contributed by atoms with Gasteiger partial charge in [0.05, 0.1) is 10.6 Å². The molecule has 108 valence electrons. The van der Waals surface area contributed by atoms with E-state index in [1.165, 1.54) is 17.1 Å². The molecule has 0 bridgehead atoms. The second-order valence-corrected chi connectivity index (χ2v) is 6.16. The van der Waals surface area contributed by atoms with Crippen molar-refractivity contribution in [3.05, 3.63) is 71.1 Å². The van der Waals surface area contributed by atoms with Crippen molar-refractivity contribution in [2.75, 3.05) is 5.32 Å². The van der Waals surface area contributed by atoms with Gasteiger partial charge in [-0.2, -0.15) is 4.37 Å². The molecule has 1 N–H and O–H groups in total. The molecule has 0 radical (unpaired) electrons. The van der Waals surface area contributed by atoms with E-state index in [4.69, 9.17) is 0 Å². The molecular formula is C18H14N2OS. The van der Waals surface area contributed by atoms with E-state index in [2.05, 4.69) is 21.8 Å². The van der Waals surface area contributed by atoms with E-state index in [1.807, 2.05) is 48.5 Å². The molecule has 4 heteroatoms. The second-order valence-electron chi connectivity index (χ2n) is 5.35. The SMILES string of the molecule is O=C1CC(c2ccccc2)c2snc(-c3ccccc3)c2N1. The van der Waals surface area contributed by atoms with Crippen LogP contribution >= 0.6 is 11.5 Å². The zero-order valence-electron chi connectivity index (χ0n) is 11.8. The molecular weight excluding hydrogens is 292 g/mol. The summed E-state index contributed by atoms with van der Waals surface area (Å²) in [5.74, 6) is 0.152. The molecule has 1 aromatic heterocycles. The molecule has 0 saturated heterocycles. The van der Waals surface area contributed by atoms with Crippen LogP contribution in [0, 0.1) is 0 Å². The van der Waals surface area contributed by atoms with Gasteiger partial charge in [-0.25, -0.2) is 0 Å². The van der Waals surface area contributed by atoms with Crippen LogP contribution in [0.2, 0.25) is 0 Å². The fraction of sp³-hybridized carbons (Fsp3) is 0.111. The van der Waals surface area contributed by atoms with Crippen molar-refractivity contribution < 1.29 is 4.79 Å². The molecule has 2 aromatic carbocycles. The Labute approximate surface area is 132 Å². The molecule has 4 rings (SSSR count). The highest BCUT2D eigenvalue weighted by molar-refractivity contribution is 7.07. The van der Waals surface area contributed by atoms with E-state index in [-0.39, 0.29) is 11.8 Å². The summed E-state index contributed by atoms with van der Waals surface area (Å²) in [6.45, 7) is 0. The van der Waals surface area contributed by atoms with E-state index in [9.17, 15) is 4.79 Å². The number of fused-ring (bicyclic) bond motifs is 1. The van der Waals surface area contributed by atoms with E-state index < -0.39 is 0 Å². The number of carbonyl (C=O) groups is 1. The number of hydrogen-bond donors (Lipinski definition) is 1. The van der Waals surface area contributed by atoms with Gasteiger partial charge in [-0.3, -0.25) is 4.79 Å². The number of hydrogen-bond acceptors (Lipinski definition) is 3. The monoisotopic (exact) mass is 306 g/mol. The van der Waals surface area contributed by atoms with Gasteiger partial charge in [0.2, 0.25) is 5.91 Å². The molecule has 0 spiro atoms. The maximum absolute atomic E-state index is 12.2. The molecule has 0 fully saturated rings. The smallest absolute Gasteiger partial charge is 0.225 e. The Morgan fingerprint density at radius 3 is 2.41 bits per heavy atom. The summed E-state index contributed by atoms with van der Waals surface area (Å²) in [6, 6.07) is 20.2. The van der Waals surface area contributed by atoms with Crippen LogP contribution in [-0.2, 0) is 4.79 Å². The molecule has 1 aliphatic rings. The van der Waals surface area contributed by atoms with Gasteiger partial charge in [-0.15, -0.1) is 0 Å². The minimum absolute atomic E-state index is 0.0544. The normalized spacial score (nSPS) is 16.9. The fourth-order valence-corrected chi connectivity index (χ4v) is 3.85. The summed E-state index contributed by atoms with van der Waals surface area (Å²) < 4.78 is 4.61. The predicted octanol–water partition coefficient (Wildman–Crippen LogP) is 4.28. The van der Waals surface area contributed by atoms with Gasteiger partial charge in [0.15, 0.2) is 0 Å². The van der Waals surface area contributed by atoms with Crippen molar-refractivity contribution in [2.24, 2.45) is 0 Å². The first-order valence-electron chi connectivity index (χ1n) is 7.22. The average molecular weight is 306 g/mol. The average Bonchev–Trinajstić information content (AvgIpc) is 2.99. The Bertz CT molecular complexity index is 812. The van der Waals surface area contributed by atoms with Gasteiger partial charge in [0, 0.05) is 17.9 Å². The summed E-state index contributed by atoms with van der Waals surface area (Å²) in [5, 5.41) is 3.02. The van der Waals surface area contributed by atoms with Crippen molar-refractivity contribution in [1.82, 2.24) is 4.37 Å². The summed E-state index contributed by atoms with van der Waals surface area (Å²) in [5.41, 5.74) is 3.95. The topological polar surface area (TPSA) is 42.0 Å². The lowest BCUT2D eigenvalue weighted by Crippen LogP contribution is -2.22. The molecule has 1 aliphatic heterocycles. The van der Waals surface area contributed by atoms with E-state index in [0.717, 1.165) is 21.8 Å². The largest absolute Gasteiger partial charge is 0.323 e. The highest BCUT2D eigenvalue weighted by Gasteiger charge is 2.31. The number of carbonyl (C=O) groups excluding carboxylic acids is 1. The van der Waals surface area contributed by atoms with Crippen molar-refractivity contribution >= 4 is 23.1 Å². The summed E-state index contributed by atoms with van der Waals surface area (Å²) in [6.07, 6.45) is 0.480. The highest BCUT2D eigenvalue weighted by Crippen LogP contribution is 2.44. The third-order valence-corrected chi connectivity index (χ3v) is 4.90. The molecule has 3 nitrogen and oxygen atoms in total. The van der Waals surface area contributed by atoms with Crippen molar-refractivity contribution in [2.45, 2.75) is 12.3 Å². The number of aromatic nitrogens is 1. The third kappa shape index (κ3) is 2.22. The van der Waals surface area contributed by atoms with Crippen LogP contribution in [-0.4, -0.2) is 10.3 Å². The van der Waals surface area contributed by atoms with Crippen molar-refractivity contribution in [3.8, 4) is 11.3 Å². The highest BCUT2D eigenvalue weighted by atomic mass is 32.1. The molecule has 0 aliphatic carbocycles.